The molecule has 0 radical (unpaired) electrons. The highest BCUT2D eigenvalue weighted by atomic mass is 16.5. The van der Waals surface area contributed by atoms with Crippen LogP contribution < -0.4 is 10.5 Å². The highest BCUT2D eigenvalue weighted by Crippen LogP contribution is 2.22. The normalized spacial score (nSPS) is 17.3. The van der Waals surface area contributed by atoms with E-state index in [1.165, 1.54) is 5.56 Å². The zero-order chi connectivity index (χ0) is 13.5. The van der Waals surface area contributed by atoms with Gasteiger partial charge in [-0.1, -0.05) is 18.2 Å². The fraction of sp³-hybridized carbons (Fsp3) is 0.333. The topological polar surface area (TPSA) is 110 Å². The van der Waals surface area contributed by atoms with E-state index in [4.69, 9.17) is 30.3 Å². The van der Waals surface area contributed by atoms with E-state index in [1.807, 2.05) is 18.2 Å². The van der Waals surface area contributed by atoms with Gasteiger partial charge in [-0.2, -0.15) is 0 Å². The molecular weight excluding hydrogens is 238 g/mol. The minimum Gasteiger partial charge on any atom is -0.493 e. The van der Waals surface area contributed by atoms with Gasteiger partial charge in [-0.05, 0) is 24.5 Å². The van der Waals surface area contributed by atoms with E-state index in [9.17, 15) is 0 Å². The summed E-state index contributed by atoms with van der Waals surface area (Å²) in [6.07, 6.45) is 1.89. The first-order chi connectivity index (χ1) is 8.50. The number of fused-ring (bicyclic) bond motifs is 1. The van der Waals surface area contributed by atoms with Crippen molar-refractivity contribution in [2.45, 2.75) is 18.9 Å². The molecule has 0 bridgehead atoms. The second-order valence-electron chi connectivity index (χ2n) is 3.82. The van der Waals surface area contributed by atoms with E-state index in [1.54, 1.807) is 0 Å². The standard InChI is InChI=1S/C10H13NO.C2H2O4/c11-9-5-6-12-10-4-2-1-3-8(10)7-9;3-1(4)2(5)6/h1-4,9H,5-7,11H2;(H,3,4)(H,5,6). The van der Waals surface area contributed by atoms with Crippen LogP contribution in [-0.2, 0) is 16.0 Å². The molecule has 1 atom stereocenters. The van der Waals surface area contributed by atoms with Crippen LogP contribution in [-0.4, -0.2) is 34.8 Å². The third-order valence-electron chi connectivity index (χ3n) is 2.38. The third-order valence-corrected chi connectivity index (χ3v) is 2.38. The Bertz CT molecular complexity index is 420. The van der Waals surface area contributed by atoms with Crippen molar-refractivity contribution < 1.29 is 24.5 Å². The van der Waals surface area contributed by atoms with Crippen molar-refractivity contribution in [3.8, 4) is 5.75 Å². The third kappa shape index (κ3) is 4.42. The average molecular weight is 253 g/mol. The Kier molecular flexibility index (Phi) is 5.13. The van der Waals surface area contributed by atoms with Crippen LogP contribution in [0.4, 0.5) is 0 Å². The number of rotatable bonds is 0. The van der Waals surface area contributed by atoms with E-state index >= 15 is 0 Å². The zero-order valence-electron chi connectivity index (χ0n) is 9.70. The quantitative estimate of drug-likeness (QED) is 0.580. The molecule has 0 aromatic heterocycles. The van der Waals surface area contributed by atoms with E-state index in [0.717, 1.165) is 25.2 Å². The van der Waals surface area contributed by atoms with Crippen LogP contribution in [0.2, 0.25) is 0 Å². The fourth-order valence-corrected chi connectivity index (χ4v) is 1.52. The minimum absolute atomic E-state index is 0.258. The molecule has 1 aromatic rings. The predicted molar refractivity (Wildman–Crippen MR) is 63.5 cm³/mol. The van der Waals surface area contributed by atoms with Gasteiger partial charge in [0.05, 0.1) is 6.61 Å². The van der Waals surface area contributed by atoms with Crippen LogP contribution in [0.3, 0.4) is 0 Å². The van der Waals surface area contributed by atoms with Crippen LogP contribution in [0.5, 0.6) is 5.75 Å². The van der Waals surface area contributed by atoms with Gasteiger partial charge < -0.3 is 20.7 Å². The van der Waals surface area contributed by atoms with Crippen LogP contribution >= 0.6 is 0 Å². The molecule has 0 fully saturated rings. The molecule has 0 saturated heterocycles. The summed E-state index contributed by atoms with van der Waals surface area (Å²) in [4.78, 5) is 18.2. The molecule has 1 aliphatic heterocycles. The van der Waals surface area contributed by atoms with Gasteiger partial charge in [0.2, 0.25) is 0 Å². The SMILES string of the molecule is NC1CCOc2ccccc2C1.O=C(O)C(=O)O. The molecule has 2 rings (SSSR count). The number of hydrogen-bond donors (Lipinski definition) is 3. The molecule has 18 heavy (non-hydrogen) atoms. The molecule has 1 heterocycles. The van der Waals surface area contributed by atoms with Crippen molar-refractivity contribution in [3.05, 3.63) is 29.8 Å². The number of aliphatic carboxylic acids is 2. The van der Waals surface area contributed by atoms with E-state index < -0.39 is 11.9 Å². The van der Waals surface area contributed by atoms with Crippen LogP contribution in [0.1, 0.15) is 12.0 Å². The lowest BCUT2D eigenvalue weighted by molar-refractivity contribution is -0.159. The number of carboxylic acids is 2. The number of para-hydroxylation sites is 1. The summed E-state index contributed by atoms with van der Waals surface area (Å²) >= 11 is 0. The minimum atomic E-state index is -1.82. The monoisotopic (exact) mass is 253 g/mol. The summed E-state index contributed by atoms with van der Waals surface area (Å²) in [5.74, 6) is -2.64. The highest BCUT2D eigenvalue weighted by molar-refractivity contribution is 6.27. The molecule has 0 amide bonds. The molecular formula is C12H15NO5. The Morgan fingerprint density at radius 3 is 2.44 bits per heavy atom. The number of benzene rings is 1. The van der Waals surface area contributed by atoms with Gasteiger partial charge in [0, 0.05) is 6.04 Å². The molecule has 1 aliphatic rings. The Morgan fingerprint density at radius 1 is 1.22 bits per heavy atom. The van der Waals surface area contributed by atoms with Crippen LogP contribution in [0, 0.1) is 0 Å². The van der Waals surface area contributed by atoms with Crippen molar-refractivity contribution in [2.75, 3.05) is 6.61 Å². The van der Waals surface area contributed by atoms with E-state index in [-0.39, 0.29) is 6.04 Å². The smallest absolute Gasteiger partial charge is 0.414 e. The van der Waals surface area contributed by atoms with Gasteiger partial charge in [-0.3, -0.25) is 0 Å². The summed E-state index contributed by atoms with van der Waals surface area (Å²) in [5, 5.41) is 14.8. The van der Waals surface area contributed by atoms with Gasteiger partial charge in [0.25, 0.3) is 0 Å². The molecule has 6 heteroatoms. The van der Waals surface area contributed by atoms with Crippen molar-refractivity contribution in [1.29, 1.82) is 0 Å². The number of ether oxygens (including phenoxy) is 1. The molecule has 1 aromatic carbocycles. The summed E-state index contributed by atoms with van der Waals surface area (Å²) in [7, 11) is 0. The summed E-state index contributed by atoms with van der Waals surface area (Å²) in [6.45, 7) is 0.748. The Morgan fingerprint density at radius 2 is 1.83 bits per heavy atom. The lowest BCUT2D eigenvalue weighted by Crippen LogP contribution is -2.22. The average Bonchev–Trinajstić information content (AvgIpc) is 2.50. The van der Waals surface area contributed by atoms with Crippen molar-refractivity contribution in [2.24, 2.45) is 5.73 Å². The number of nitrogens with two attached hydrogens (primary N) is 1. The molecule has 0 saturated carbocycles. The zero-order valence-corrected chi connectivity index (χ0v) is 9.70. The first-order valence-corrected chi connectivity index (χ1v) is 5.43. The van der Waals surface area contributed by atoms with Gasteiger partial charge in [-0.15, -0.1) is 0 Å². The Hall–Kier alpha value is -2.08. The summed E-state index contributed by atoms with van der Waals surface area (Å²) in [6, 6.07) is 8.37. The maximum Gasteiger partial charge on any atom is 0.414 e. The summed E-state index contributed by atoms with van der Waals surface area (Å²) in [5.41, 5.74) is 7.11. The molecule has 98 valence electrons. The first kappa shape index (κ1) is 14.0. The molecule has 0 spiro atoms. The van der Waals surface area contributed by atoms with Crippen molar-refractivity contribution in [3.63, 3.8) is 0 Å². The first-order valence-electron chi connectivity index (χ1n) is 5.43. The lowest BCUT2D eigenvalue weighted by Gasteiger charge is -2.05. The molecule has 4 N–H and O–H groups in total. The second-order valence-corrected chi connectivity index (χ2v) is 3.82. The van der Waals surface area contributed by atoms with Gasteiger partial charge in [0.15, 0.2) is 0 Å². The Balaban J connectivity index is 0.000000232. The molecule has 0 aliphatic carbocycles. The number of hydrogen-bond acceptors (Lipinski definition) is 4. The van der Waals surface area contributed by atoms with Crippen molar-refractivity contribution in [1.82, 2.24) is 0 Å². The maximum atomic E-state index is 9.10. The highest BCUT2D eigenvalue weighted by Gasteiger charge is 2.12. The fourth-order valence-electron chi connectivity index (χ4n) is 1.52. The molecule has 6 nitrogen and oxygen atoms in total. The number of carboxylic acid groups (broad SMARTS) is 2. The largest absolute Gasteiger partial charge is 0.493 e. The van der Waals surface area contributed by atoms with Crippen LogP contribution in [0.25, 0.3) is 0 Å². The van der Waals surface area contributed by atoms with Crippen LogP contribution in [0.15, 0.2) is 24.3 Å². The second kappa shape index (κ2) is 6.61. The predicted octanol–water partition coefficient (Wildman–Crippen LogP) is 0.494. The molecule has 1 unspecified atom stereocenters. The Labute approximate surface area is 104 Å². The van der Waals surface area contributed by atoms with E-state index in [0.29, 0.717) is 0 Å². The van der Waals surface area contributed by atoms with Crippen molar-refractivity contribution >= 4 is 11.9 Å². The van der Waals surface area contributed by atoms with E-state index in [2.05, 4.69) is 6.07 Å². The summed E-state index contributed by atoms with van der Waals surface area (Å²) < 4.78 is 5.54. The van der Waals surface area contributed by atoms with Gasteiger partial charge >= 0.3 is 11.9 Å². The number of carbonyl (C=O) groups is 2. The maximum absolute atomic E-state index is 9.10. The van der Waals surface area contributed by atoms with Gasteiger partial charge in [0.1, 0.15) is 5.75 Å². The lowest BCUT2D eigenvalue weighted by atomic mass is 10.1. The van der Waals surface area contributed by atoms with Gasteiger partial charge in [-0.25, -0.2) is 9.59 Å².